The number of ether oxygens (including phenoxy) is 1. The Labute approximate surface area is 191 Å². The average Bonchev–Trinajstić information content (AvgIpc) is 3.10. The number of hydrazine groups is 1. The molecule has 168 valence electrons. The van der Waals surface area contributed by atoms with Crippen LogP contribution in [-0.4, -0.2) is 35.4 Å². The van der Waals surface area contributed by atoms with E-state index in [4.69, 9.17) is 4.74 Å². The lowest BCUT2D eigenvalue weighted by Crippen LogP contribution is -2.42. The molecule has 2 amide bonds. The van der Waals surface area contributed by atoms with Gasteiger partial charge in [0.25, 0.3) is 5.91 Å². The molecule has 0 spiro atoms. The summed E-state index contributed by atoms with van der Waals surface area (Å²) < 4.78 is 20.4. The summed E-state index contributed by atoms with van der Waals surface area (Å²) in [7, 11) is 0. The highest BCUT2D eigenvalue weighted by atomic mass is 19.1. The number of amides is 2. The molecular formula is C26H25FN3O3+. The number of hydrogen-bond acceptors (Lipinski definition) is 3. The minimum absolute atomic E-state index is 0.279. The molecule has 2 atom stereocenters. The Morgan fingerprint density at radius 3 is 2.36 bits per heavy atom. The van der Waals surface area contributed by atoms with Gasteiger partial charge in [0, 0.05) is 16.7 Å². The Morgan fingerprint density at radius 1 is 1.06 bits per heavy atom. The highest BCUT2D eigenvalue weighted by Gasteiger charge is 2.47. The number of halogens is 1. The number of carbonyl (C=O) groups excluding carboxylic acids is 2. The van der Waals surface area contributed by atoms with E-state index in [1.807, 2.05) is 68.6 Å². The first-order chi connectivity index (χ1) is 15.9. The minimum Gasteiger partial charge on any atom is -0.494 e. The van der Waals surface area contributed by atoms with Crippen molar-refractivity contribution in [1.82, 2.24) is 10.7 Å². The van der Waals surface area contributed by atoms with Crippen molar-refractivity contribution in [2.45, 2.75) is 25.9 Å². The van der Waals surface area contributed by atoms with Gasteiger partial charge in [-0.3, -0.25) is 9.59 Å². The summed E-state index contributed by atoms with van der Waals surface area (Å²) >= 11 is 0. The van der Waals surface area contributed by atoms with Crippen molar-refractivity contribution in [2.75, 3.05) is 6.61 Å². The molecule has 2 N–H and O–H groups in total. The molecule has 0 unspecified atom stereocenters. The maximum Gasteiger partial charge on any atom is 0.304 e. The number of hydrogen-bond donors (Lipinski definition) is 2. The molecule has 1 aliphatic rings. The molecule has 6 nitrogen and oxygen atoms in total. The third-order valence-electron chi connectivity index (χ3n) is 5.43. The molecule has 0 bridgehead atoms. The normalized spacial score (nSPS) is 18.8. The number of aryl methyl sites for hydroxylation is 1. The number of nitrogens with zero attached hydrogens (tertiary/aromatic N) is 1. The van der Waals surface area contributed by atoms with Crippen molar-refractivity contribution >= 4 is 18.0 Å². The zero-order valence-corrected chi connectivity index (χ0v) is 18.4. The molecular weight excluding hydrogens is 421 g/mol. The minimum atomic E-state index is -0.843. The first-order valence-electron chi connectivity index (χ1n) is 10.7. The van der Waals surface area contributed by atoms with Crippen molar-refractivity contribution in [3.05, 3.63) is 101 Å². The van der Waals surface area contributed by atoms with Crippen molar-refractivity contribution in [1.29, 1.82) is 0 Å². The van der Waals surface area contributed by atoms with Gasteiger partial charge in [0.2, 0.25) is 12.3 Å². The second kappa shape index (κ2) is 9.65. The van der Waals surface area contributed by atoms with E-state index in [-0.39, 0.29) is 11.5 Å². The van der Waals surface area contributed by atoms with E-state index in [0.29, 0.717) is 6.61 Å². The molecule has 4 rings (SSSR count). The van der Waals surface area contributed by atoms with Gasteiger partial charge in [0.15, 0.2) is 6.04 Å². The number of nitrogens with one attached hydrogen (secondary N) is 2. The molecule has 0 aliphatic carbocycles. The highest BCUT2D eigenvalue weighted by molar-refractivity contribution is 5.98. The average molecular weight is 447 g/mol. The molecule has 1 aliphatic heterocycles. The van der Waals surface area contributed by atoms with Gasteiger partial charge < -0.3 is 10.1 Å². The lowest BCUT2D eigenvalue weighted by atomic mass is 9.98. The number of benzene rings is 3. The summed E-state index contributed by atoms with van der Waals surface area (Å²) in [6.45, 7) is 4.49. The first kappa shape index (κ1) is 22.2. The summed E-state index contributed by atoms with van der Waals surface area (Å²) in [5.74, 6) is -0.452. The fraction of sp³-hybridized carbons (Fsp3) is 0.192. The Bertz CT molecular complexity index is 1170. The molecule has 33 heavy (non-hydrogen) atoms. The lowest BCUT2D eigenvalue weighted by molar-refractivity contribution is -0.596. The van der Waals surface area contributed by atoms with E-state index >= 15 is 0 Å². The summed E-state index contributed by atoms with van der Waals surface area (Å²) in [5.41, 5.74) is 5.95. The Balaban J connectivity index is 1.66. The third kappa shape index (κ3) is 5.09. The molecule has 1 heterocycles. The highest BCUT2D eigenvalue weighted by Crippen LogP contribution is 2.26. The van der Waals surface area contributed by atoms with Crippen LogP contribution in [0.3, 0.4) is 0 Å². The van der Waals surface area contributed by atoms with Crippen LogP contribution in [0.1, 0.15) is 40.0 Å². The maximum absolute atomic E-state index is 13.2. The molecule has 0 saturated carbocycles. The van der Waals surface area contributed by atoms with E-state index < -0.39 is 23.8 Å². The summed E-state index contributed by atoms with van der Waals surface area (Å²) in [4.78, 5) is 25.7. The fourth-order valence-electron chi connectivity index (χ4n) is 3.75. The van der Waals surface area contributed by atoms with Crippen LogP contribution in [0.5, 0.6) is 5.75 Å². The molecule has 1 saturated heterocycles. The standard InChI is InChI=1S/C26H24FN3O3/c1-3-33-22-14-6-18(7-15-22)16-30-24(19-8-4-17(2)5-9-19)23(26(32)29-30)28-25(31)20-10-12-21(27)13-11-20/h4-16,23-24H,3H2,1-2H3,(H-,28,29,31,32)/p+1/b30-16-/t23-,24-/m1/s1. The van der Waals surface area contributed by atoms with Crippen molar-refractivity contribution in [2.24, 2.45) is 0 Å². The number of hydrazone groups is 1. The topological polar surface area (TPSA) is 70.4 Å². The number of carbonyl (C=O) groups is 2. The quantitative estimate of drug-likeness (QED) is 0.569. The first-order valence-corrected chi connectivity index (χ1v) is 10.7. The molecule has 0 aromatic heterocycles. The van der Waals surface area contributed by atoms with E-state index in [2.05, 4.69) is 10.7 Å². The van der Waals surface area contributed by atoms with Crippen LogP contribution in [0.4, 0.5) is 4.39 Å². The van der Waals surface area contributed by atoms with Gasteiger partial charge in [-0.15, -0.1) is 10.1 Å². The van der Waals surface area contributed by atoms with Crippen LogP contribution in [-0.2, 0) is 4.79 Å². The van der Waals surface area contributed by atoms with E-state index in [9.17, 15) is 14.0 Å². The molecule has 0 radical (unpaired) electrons. The largest absolute Gasteiger partial charge is 0.494 e. The van der Waals surface area contributed by atoms with Gasteiger partial charge in [-0.2, -0.15) is 0 Å². The Hall–Kier alpha value is -4.00. The maximum atomic E-state index is 13.2. The molecule has 3 aromatic carbocycles. The van der Waals surface area contributed by atoms with Gasteiger partial charge in [0.1, 0.15) is 11.6 Å². The van der Waals surface area contributed by atoms with Crippen molar-refractivity contribution in [3.63, 3.8) is 0 Å². The Kier molecular flexibility index (Phi) is 6.49. The van der Waals surface area contributed by atoms with Gasteiger partial charge in [0.05, 0.1) is 6.61 Å². The van der Waals surface area contributed by atoms with Gasteiger partial charge in [-0.25, -0.2) is 4.39 Å². The van der Waals surface area contributed by atoms with Crippen LogP contribution in [0.2, 0.25) is 0 Å². The van der Waals surface area contributed by atoms with E-state index in [1.165, 1.54) is 24.3 Å². The van der Waals surface area contributed by atoms with Gasteiger partial charge >= 0.3 is 5.91 Å². The van der Waals surface area contributed by atoms with E-state index in [1.54, 1.807) is 4.68 Å². The zero-order valence-electron chi connectivity index (χ0n) is 18.4. The van der Waals surface area contributed by atoms with Crippen LogP contribution in [0.15, 0.2) is 72.8 Å². The SMILES string of the molecule is CCOc1ccc(/C=[N+]2\NC(=O)[C@H](NC(=O)c3ccc(F)cc3)[C@H]2c2ccc(C)cc2)cc1. The van der Waals surface area contributed by atoms with Crippen molar-refractivity contribution in [3.8, 4) is 5.75 Å². The zero-order chi connectivity index (χ0) is 23.4. The molecule has 3 aromatic rings. The lowest BCUT2D eigenvalue weighted by Gasteiger charge is -2.15. The molecule has 7 heteroatoms. The predicted molar refractivity (Wildman–Crippen MR) is 123 cm³/mol. The Morgan fingerprint density at radius 2 is 1.73 bits per heavy atom. The summed E-state index contributed by atoms with van der Waals surface area (Å²) in [5, 5.41) is 2.81. The fourth-order valence-corrected chi connectivity index (χ4v) is 3.75. The second-order valence-corrected chi connectivity index (χ2v) is 7.83. The number of rotatable bonds is 6. The monoisotopic (exact) mass is 446 g/mol. The van der Waals surface area contributed by atoms with Crippen LogP contribution in [0, 0.1) is 12.7 Å². The summed E-state index contributed by atoms with van der Waals surface area (Å²) in [6.07, 6.45) is 1.82. The van der Waals surface area contributed by atoms with Crippen LogP contribution < -0.4 is 15.5 Å². The predicted octanol–water partition coefficient (Wildman–Crippen LogP) is 3.55. The van der Waals surface area contributed by atoms with Crippen LogP contribution in [0.25, 0.3) is 0 Å². The van der Waals surface area contributed by atoms with Crippen molar-refractivity contribution < 1.29 is 23.4 Å². The third-order valence-corrected chi connectivity index (χ3v) is 5.43. The van der Waals surface area contributed by atoms with E-state index in [0.717, 1.165) is 22.4 Å². The van der Waals surface area contributed by atoms with Crippen LogP contribution >= 0.6 is 0 Å². The second-order valence-electron chi connectivity index (χ2n) is 7.83. The van der Waals surface area contributed by atoms with Gasteiger partial charge in [-0.1, -0.05) is 29.8 Å². The molecule has 1 fully saturated rings. The summed E-state index contributed by atoms with van der Waals surface area (Å²) in [6, 6.07) is 19.2. The smallest absolute Gasteiger partial charge is 0.304 e. The van der Waals surface area contributed by atoms with Gasteiger partial charge in [-0.05, 0) is 62.4 Å².